The molecule has 104 valence electrons. The number of hydrogen-bond donors (Lipinski definition) is 0. The summed E-state index contributed by atoms with van der Waals surface area (Å²) in [5.74, 6) is -0.217. The summed E-state index contributed by atoms with van der Waals surface area (Å²) in [6.45, 7) is 5.32. The largest absolute Gasteiger partial charge is 0.443 e. The first-order valence-electron chi connectivity index (χ1n) is 7.24. The van der Waals surface area contributed by atoms with Gasteiger partial charge in [0.15, 0.2) is 6.23 Å². The lowest BCUT2D eigenvalue weighted by atomic mass is 10.0. The van der Waals surface area contributed by atoms with Crippen molar-refractivity contribution in [3.8, 4) is 0 Å². The molecule has 0 bridgehead atoms. The predicted molar refractivity (Wildman–Crippen MR) is 76.0 cm³/mol. The highest BCUT2D eigenvalue weighted by Gasteiger charge is 2.27. The minimum Gasteiger partial charge on any atom is -0.443 e. The maximum Gasteiger partial charge on any atom is 0.339 e. The summed E-state index contributed by atoms with van der Waals surface area (Å²) in [5.41, 5.74) is 0.630. The summed E-state index contributed by atoms with van der Waals surface area (Å²) in [4.78, 5) is 14.4. The Morgan fingerprint density at radius 2 is 2.11 bits per heavy atom. The number of ether oxygens (including phenoxy) is 1. The van der Waals surface area contributed by atoms with Crippen LogP contribution in [0.4, 0.5) is 0 Å². The van der Waals surface area contributed by atoms with Gasteiger partial charge in [0, 0.05) is 12.6 Å². The van der Waals surface area contributed by atoms with E-state index in [0.29, 0.717) is 11.6 Å². The van der Waals surface area contributed by atoms with Crippen LogP contribution in [0.3, 0.4) is 0 Å². The number of rotatable bonds is 4. The quantitative estimate of drug-likeness (QED) is 0.777. The molecule has 1 aliphatic heterocycles. The van der Waals surface area contributed by atoms with Crippen molar-refractivity contribution >= 4 is 5.97 Å². The fourth-order valence-electron chi connectivity index (χ4n) is 2.70. The fourth-order valence-corrected chi connectivity index (χ4v) is 2.70. The lowest BCUT2D eigenvalue weighted by Gasteiger charge is -2.38. The van der Waals surface area contributed by atoms with Gasteiger partial charge in [-0.2, -0.15) is 0 Å². The summed E-state index contributed by atoms with van der Waals surface area (Å²) < 4.78 is 5.68. The van der Waals surface area contributed by atoms with Crippen molar-refractivity contribution in [2.45, 2.75) is 51.8 Å². The van der Waals surface area contributed by atoms with Crippen molar-refractivity contribution in [1.29, 1.82) is 0 Å². The molecule has 0 N–H and O–H groups in total. The van der Waals surface area contributed by atoms with Gasteiger partial charge in [-0.3, -0.25) is 4.90 Å². The molecule has 0 amide bonds. The third kappa shape index (κ3) is 3.57. The number of esters is 1. The van der Waals surface area contributed by atoms with Crippen molar-refractivity contribution < 1.29 is 9.53 Å². The van der Waals surface area contributed by atoms with Gasteiger partial charge in [0.1, 0.15) is 0 Å². The maximum absolute atomic E-state index is 12.1. The monoisotopic (exact) mass is 261 g/mol. The third-order valence-electron chi connectivity index (χ3n) is 3.83. The van der Waals surface area contributed by atoms with E-state index in [2.05, 4.69) is 18.7 Å². The Morgan fingerprint density at radius 3 is 2.74 bits per heavy atom. The summed E-state index contributed by atoms with van der Waals surface area (Å²) in [7, 11) is 0. The van der Waals surface area contributed by atoms with Gasteiger partial charge >= 0.3 is 5.97 Å². The van der Waals surface area contributed by atoms with E-state index >= 15 is 0 Å². The normalized spacial score (nSPS) is 21.9. The number of benzene rings is 1. The topological polar surface area (TPSA) is 29.5 Å². The van der Waals surface area contributed by atoms with E-state index in [1.165, 1.54) is 19.3 Å². The van der Waals surface area contributed by atoms with Gasteiger partial charge in [-0.15, -0.1) is 0 Å². The summed E-state index contributed by atoms with van der Waals surface area (Å²) in [6, 6.07) is 9.73. The zero-order valence-corrected chi connectivity index (χ0v) is 11.8. The molecular weight excluding hydrogens is 238 g/mol. The molecular formula is C16H23NO2. The summed E-state index contributed by atoms with van der Waals surface area (Å²) in [6.07, 6.45) is 4.41. The zero-order chi connectivity index (χ0) is 13.7. The van der Waals surface area contributed by atoms with Gasteiger partial charge in [0.05, 0.1) is 5.56 Å². The SMILES string of the molecule is CCC(OC(=O)c1ccccc1)N1CCCCC1C. The van der Waals surface area contributed by atoms with Crippen molar-refractivity contribution in [1.82, 2.24) is 4.90 Å². The Bertz CT molecular complexity index is 404. The Kier molecular flexibility index (Phi) is 4.97. The average molecular weight is 261 g/mol. The Labute approximate surface area is 115 Å². The number of likely N-dealkylation sites (tertiary alicyclic amines) is 1. The van der Waals surface area contributed by atoms with Crippen LogP contribution < -0.4 is 0 Å². The molecule has 1 aliphatic rings. The second-order valence-electron chi connectivity index (χ2n) is 5.22. The molecule has 0 spiro atoms. The van der Waals surface area contributed by atoms with Gasteiger partial charge in [0.25, 0.3) is 0 Å². The molecule has 2 rings (SSSR count). The minimum atomic E-state index is -0.217. The number of piperidine rings is 1. The number of hydrogen-bond acceptors (Lipinski definition) is 3. The highest BCUT2D eigenvalue weighted by molar-refractivity contribution is 5.89. The lowest BCUT2D eigenvalue weighted by molar-refractivity contribution is -0.0589. The molecule has 3 heteroatoms. The maximum atomic E-state index is 12.1. The third-order valence-corrected chi connectivity index (χ3v) is 3.83. The molecule has 1 aromatic carbocycles. The molecule has 0 aliphatic carbocycles. The average Bonchev–Trinajstić information content (AvgIpc) is 2.46. The van der Waals surface area contributed by atoms with Crippen molar-refractivity contribution in [2.24, 2.45) is 0 Å². The molecule has 1 heterocycles. The van der Waals surface area contributed by atoms with Gasteiger partial charge in [-0.25, -0.2) is 4.79 Å². The molecule has 1 saturated heterocycles. The predicted octanol–water partition coefficient (Wildman–Crippen LogP) is 3.45. The van der Waals surface area contributed by atoms with Gasteiger partial charge in [-0.05, 0) is 38.3 Å². The van der Waals surface area contributed by atoms with Gasteiger partial charge < -0.3 is 4.74 Å². The molecule has 3 nitrogen and oxygen atoms in total. The number of nitrogens with zero attached hydrogens (tertiary/aromatic N) is 1. The summed E-state index contributed by atoms with van der Waals surface area (Å²) in [5, 5.41) is 0. The van der Waals surface area contributed by atoms with E-state index in [-0.39, 0.29) is 12.2 Å². The van der Waals surface area contributed by atoms with Crippen molar-refractivity contribution in [3.63, 3.8) is 0 Å². The molecule has 1 fully saturated rings. The minimum absolute atomic E-state index is 0.0944. The van der Waals surface area contributed by atoms with Crippen LogP contribution in [0.25, 0.3) is 0 Å². The highest BCUT2D eigenvalue weighted by Crippen LogP contribution is 2.22. The lowest BCUT2D eigenvalue weighted by Crippen LogP contribution is -2.46. The van der Waals surface area contributed by atoms with Gasteiger partial charge in [0.2, 0.25) is 0 Å². The van der Waals surface area contributed by atoms with E-state index in [1.54, 1.807) is 12.1 Å². The van der Waals surface area contributed by atoms with Crippen molar-refractivity contribution in [3.05, 3.63) is 35.9 Å². The Hall–Kier alpha value is -1.35. The second kappa shape index (κ2) is 6.71. The number of carbonyl (C=O) groups is 1. The number of carbonyl (C=O) groups excluding carboxylic acids is 1. The molecule has 2 unspecified atom stereocenters. The van der Waals surface area contributed by atoms with Crippen LogP contribution in [-0.2, 0) is 4.74 Å². The van der Waals surface area contributed by atoms with Crippen LogP contribution >= 0.6 is 0 Å². The zero-order valence-electron chi connectivity index (χ0n) is 11.8. The first-order chi connectivity index (χ1) is 9.22. The van der Waals surface area contributed by atoms with Gasteiger partial charge in [-0.1, -0.05) is 31.5 Å². The van der Waals surface area contributed by atoms with E-state index in [9.17, 15) is 4.79 Å². The van der Waals surface area contributed by atoms with E-state index in [4.69, 9.17) is 4.74 Å². The van der Waals surface area contributed by atoms with Crippen LogP contribution in [0, 0.1) is 0 Å². The molecule has 2 atom stereocenters. The molecule has 1 aromatic rings. The Balaban J connectivity index is 2.00. The fraction of sp³-hybridized carbons (Fsp3) is 0.562. The molecule has 0 radical (unpaired) electrons. The van der Waals surface area contributed by atoms with Crippen LogP contribution in [0.1, 0.15) is 49.9 Å². The van der Waals surface area contributed by atoms with Crippen LogP contribution in [0.5, 0.6) is 0 Å². The molecule has 0 saturated carbocycles. The molecule has 0 aromatic heterocycles. The van der Waals surface area contributed by atoms with Crippen LogP contribution in [0.2, 0.25) is 0 Å². The summed E-state index contributed by atoms with van der Waals surface area (Å²) >= 11 is 0. The van der Waals surface area contributed by atoms with Crippen molar-refractivity contribution in [2.75, 3.05) is 6.54 Å². The van der Waals surface area contributed by atoms with Crippen LogP contribution in [0.15, 0.2) is 30.3 Å². The van der Waals surface area contributed by atoms with E-state index in [1.807, 2.05) is 18.2 Å². The standard InChI is InChI=1S/C16H23NO2/c1-3-15(17-12-8-7-9-13(17)2)19-16(18)14-10-5-4-6-11-14/h4-6,10-11,13,15H,3,7-9,12H2,1-2H3. The van der Waals surface area contributed by atoms with E-state index < -0.39 is 0 Å². The molecule has 19 heavy (non-hydrogen) atoms. The van der Waals surface area contributed by atoms with E-state index in [0.717, 1.165) is 13.0 Å². The first-order valence-corrected chi connectivity index (χ1v) is 7.24. The Morgan fingerprint density at radius 1 is 1.37 bits per heavy atom. The smallest absolute Gasteiger partial charge is 0.339 e. The first kappa shape index (κ1) is 14.1. The second-order valence-corrected chi connectivity index (χ2v) is 5.22. The van der Waals surface area contributed by atoms with Crippen LogP contribution in [-0.4, -0.2) is 29.7 Å². The highest BCUT2D eigenvalue weighted by atomic mass is 16.6.